The van der Waals surface area contributed by atoms with E-state index in [1.807, 2.05) is 17.5 Å². The fraction of sp³-hybridized carbons (Fsp3) is 0.211. The molecule has 0 atom stereocenters. The van der Waals surface area contributed by atoms with Crippen LogP contribution in [0.3, 0.4) is 0 Å². The summed E-state index contributed by atoms with van der Waals surface area (Å²) in [6.45, 7) is -0.338. The summed E-state index contributed by atoms with van der Waals surface area (Å²) in [6, 6.07) is 9.44. The zero-order valence-corrected chi connectivity index (χ0v) is 15.3. The lowest BCUT2D eigenvalue weighted by atomic mass is 10.0. The molecule has 9 heteroatoms. The van der Waals surface area contributed by atoms with Crippen molar-refractivity contribution in [2.75, 3.05) is 13.2 Å². The van der Waals surface area contributed by atoms with Crippen LogP contribution in [0, 0.1) is 0 Å². The number of para-hydroxylation sites is 1. The number of thiophene rings is 1. The number of halogens is 3. The maximum atomic E-state index is 13.5. The molecule has 2 heterocycles. The molecule has 0 unspecified atom stereocenters. The summed E-state index contributed by atoms with van der Waals surface area (Å²) >= 11 is 1.54. The zero-order chi connectivity index (χ0) is 20.1. The van der Waals surface area contributed by atoms with Gasteiger partial charge in [0.05, 0.1) is 16.6 Å². The van der Waals surface area contributed by atoms with Crippen molar-refractivity contribution < 1.29 is 27.5 Å². The van der Waals surface area contributed by atoms with Crippen molar-refractivity contribution in [2.45, 2.75) is 12.6 Å². The molecule has 0 aliphatic carbocycles. The van der Waals surface area contributed by atoms with Crippen LogP contribution in [0.4, 0.5) is 13.2 Å². The van der Waals surface area contributed by atoms with Gasteiger partial charge in [0.1, 0.15) is 0 Å². The van der Waals surface area contributed by atoms with Crippen molar-refractivity contribution in [3.63, 3.8) is 0 Å². The average Bonchev–Trinajstić information content (AvgIpc) is 3.17. The van der Waals surface area contributed by atoms with E-state index in [1.54, 1.807) is 17.4 Å². The largest absolute Gasteiger partial charge is 0.452 e. The SMILES string of the molecule is O=C(COC(=O)c1cnc2ccccc2c1C(F)(F)F)NCCc1cccs1. The average molecular weight is 408 g/mol. The molecule has 0 saturated carbocycles. The highest BCUT2D eigenvalue weighted by Crippen LogP contribution is 2.36. The minimum Gasteiger partial charge on any atom is -0.452 e. The van der Waals surface area contributed by atoms with Crippen LogP contribution in [0.25, 0.3) is 10.9 Å². The van der Waals surface area contributed by atoms with Gasteiger partial charge < -0.3 is 10.1 Å². The molecule has 1 aromatic carbocycles. The topological polar surface area (TPSA) is 68.3 Å². The maximum absolute atomic E-state index is 13.5. The first-order valence-electron chi connectivity index (χ1n) is 8.27. The molecule has 0 fully saturated rings. The van der Waals surface area contributed by atoms with Crippen LogP contribution in [0.1, 0.15) is 20.8 Å². The van der Waals surface area contributed by atoms with Crippen LogP contribution in [-0.4, -0.2) is 30.0 Å². The summed E-state index contributed by atoms with van der Waals surface area (Å²) in [6.07, 6.45) is -3.34. The van der Waals surface area contributed by atoms with Gasteiger partial charge in [0.15, 0.2) is 6.61 Å². The number of alkyl halides is 3. The third-order valence-corrected chi connectivity index (χ3v) is 4.82. The Bertz CT molecular complexity index is 988. The third-order valence-electron chi connectivity index (χ3n) is 3.89. The molecule has 0 spiro atoms. The predicted molar refractivity (Wildman–Crippen MR) is 98.1 cm³/mol. The molecule has 0 radical (unpaired) electrons. The van der Waals surface area contributed by atoms with Gasteiger partial charge in [-0.3, -0.25) is 9.78 Å². The first kappa shape index (κ1) is 19.8. The Morgan fingerprint density at radius 2 is 1.93 bits per heavy atom. The first-order chi connectivity index (χ1) is 13.4. The molecule has 28 heavy (non-hydrogen) atoms. The number of pyridine rings is 1. The number of nitrogens with one attached hydrogen (secondary N) is 1. The molecular weight excluding hydrogens is 393 g/mol. The second-order valence-electron chi connectivity index (χ2n) is 5.82. The fourth-order valence-corrected chi connectivity index (χ4v) is 3.35. The van der Waals surface area contributed by atoms with E-state index in [9.17, 15) is 22.8 Å². The minimum atomic E-state index is -4.78. The number of aromatic nitrogens is 1. The van der Waals surface area contributed by atoms with E-state index in [-0.39, 0.29) is 10.9 Å². The molecule has 3 rings (SSSR count). The number of esters is 1. The highest BCUT2D eigenvalue weighted by molar-refractivity contribution is 7.09. The van der Waals surface area contributed by atoms with Gasteiger partial charge in [-0.1, -0.05) is 24.3 Å². The van der Waals surface area contributed by atoms with Crippen molar-refractivity contribution in [1.82, 2.24) is 10.3 Å². The van der Waals surface area contributed by atoms with E-state index in [2.05, 4.69) is 10.3 Å². The van der Waals surface area contributed by atoms with Crippen molar-refractivity contribution >= 4 is 34.1 Å². The van der Waals surface area contributed by atoms with E-state index < -0.39 is 35.8 Å². The number of rotatable bonds is 6. The summed E-state index contributed by atoms with van der Waals surface area (Å²) in [7, 11) is 0. The van der Waals surface area contributed by atoms with Crippen molar-refractivity contribution in [3.05, 3.63) is 64.0 Å². The number of carbonyl (C=O) groups is 2. The molecule has 1 amide bonds. The monoisotopic (exact) mass is 408 g/mol. The third kappa shape index (κ3) is 4.66. The fourth-order valence-electron chi connectivity index (χ4n) is 2.64. The Morgan fingerprint density at radius 3 is 2.64 bits per heavy atom. The van der Waals surface area contributed by atoms with E-state index in [4.69, 9.17) is 4.74 Å². The summed E-state index contributed by atoms with van der Waals surface area (Å²) in [5.74, 6) is -1.84. The molecule has 0 saturated heterocycles. The number of hydrogen-bond donors (Lipinski definition) is 1. The predicted octanol–water partition coefficient (Wildman–Crippen LogP) is 3.83. The number of hydrogen-bond acceptors (Lipinski definition) is 5. The normalized spacial score (nSPS) is 11.4. The molecule has 0 aliphatic rings. The summed E-state index contributed by atoms with van der Waals surface area (Å²) in [4.78, 5) is 28.9. The smallest absolute Gasteiger partial charge is 0.417 e. The Morgan fingerprint density at radius 1 is 1.14 bits per heavy atom. The summed E-state index contributed by atoms with van der Waals surface area (Å²) < 4.78 is 45.3. The lowest BCUT2D eigenvalue weighted by molar-refractivity contribution is -0.136. The Kier molecular flexibility index (Phi) is 5.93. The number of ether oxygens (including phenoxy) is 1. The van der Waals surface area contributed by atoms with Crippen LogP contribution in [0.15, 0.2) is 48.0 Å². The lowest BCUT2D eigenvalue weighted by Crippen LogP contribution is -2.30. The van der Waals surface area contributed by atoms with Crippen molar-refractivity contribution in [3.8, 4) is 0 Å². The molecule has 5 nitrogen and oxygen atoms in total. The number of fused-ring (bicyclic) bond motifs is 1. The quantitative estimate of drug-likeness (QED) is 0.630. The molecule has 3 aromatic rings. The number of nitrogens with zero attached hydrogens (tertiary/aromatic N) is 1. The standard InChI is InChI=1S/C19H15F3N2O3S/c20-19(21,22)17-13-5-1-2-6-15(13)24-10-14(17)18(26)27-11-16(25)23-8-7-12-4-3-9-28-12/h1-6,9-10H,7-8,11H2,(H,23,25). The Balaban J connectivity index is 1.67. The van der Waals surface area contributed by atoms with Crippen molar-refractivity contribution in [2.24, 2.45) is 0 Å². The van der Waals surface area contributed by atoms with Gasteiger partial charge in [0, 0.05) is 23.0 Å². The van der Waals surface area contributed by atoms with E-state index >= 15 is 0 Å². The van der Waals surface area contributed by atoms with E-state index in [0.717, 1.165) is 11.1 Å². The Labute approximate surface area is 162 Å². The van der Waals surface area contributed by atoms with Crippen molar-refractivity contribution in [1.29, 1.82) is 0 Å². The molecule has 146 valence electrons. The van der Waals surface area contributed by atoms with Gasteiger partial charge in [-0.2, -0.15) is 13.2 Å². The highest BCUT2D eigenvalue weighted by atomic mass is 32.1. The second kappa shape index (κ2) is 8.39. The number of carbonyl (C=O) groups excluding carboxylic acids is 2. The molecule has 1 N–H and O–H groups in total. The van der Waals surface area contributed by atoms with Gasteiger partial charge in [0.2, 0.25) is 0 Å². The van der Waals surface area contributed by atoms with E-state index in [1.165, 1.54) is 18.2 Å². The second-order valence-corrected chi connectivity index (χ2v) is 6.85. The van der Waals surface area contributed by atoms with Crippen LogP contribution < -0.4 is 5.32 Å². The first-order valence-corrected chi connectivity index (χ1v) is 9.15. The number of benzene rings is 1. The highest BCUT2D eigenvalue weighted by Gasteiger charge is 2.38. The van der Waals surface area contributed by atoms with Crippen LogP contribution in [0.5, 0.6) is 0 Å². The van der Waals surface area contributed by atoms with Gasteiger partial charge >= 0.3 is 12.1 Å². The Hall–Kier alpha value is -2.94. The van der Waals surface area contributed by atoms with Gasteiger partial charge in [-0.15, -0.1) is 11.3 Å². The summed E-state index contributed by atoms with van der Waals surface area (Å²) in [5, 5.41) is 4.26. The molecule has 2 aromatic heterocycles. The lowest BCUT2D eigenvalue weighted by Gasteiger charge is -2.14. The van der Waals surface area contributed by atoms with Crippen LogP contribution >= 0.6 is 11.3 Å². The maximum Gasteiger partial charge on any atom is 0.417 e. The summed E-state index contributed by atoms with van der Waals surface area (Å²) in [5.41, 5.74) is -1.74. The van der Waals surface area contributed by atoms with Crippen LogP contribution in [0.2, 0.25) is 0 Å². The van der Waals surface area contributed by atoms with Crippen LogP contribution in [-0.2, 0) is 22.1 Å². The van der Waals surface area contributed by atoms with Gasteiger partial charge in [0.25, 0.3) is 5.91 Å². The molecule has 0 bridgehead atoms. The van der Waals surface area contributed by atoms with Gasteiger partial charge in [-0.05, 0) is 23.9 Å². The molecular formula is C19H15F3N2O3S. The minimum absolute atomic E-state index is 0.109. The van der Waals surface area contributed by atoms with Gasteiger partial charge in [-0.25, -0.2) is 4.79 Å². The number of amides is 1. The molecule has 0 aliphatic heterocycles. The zero-order valence-electron chi connectivity index (χ0n) is 14.5. The van der Waals surface area contributed by atoms with E-state index in [0.29, 0.717) is 13.0 Å².